The molecule has 4 heteroatoms. The first kappa shape index (κ1) is 8.68. The normalized spacial score (nSPS) is 10.6. The minimum Gasteiger partial charge on any atom is -0.480 e. The van der Waals surface area contributed by atoms with E-state index >= 15 is 0 Å². The molecule has 0 aliphatic rings. The minimum absolute atomic E-state index is 1.12. The third kappa shape index (κ3) is 2.30. The van der Waals surface area contributed by atoms with Crippen LogP contribution in [-0.4, -0.2) is 22.2 Å². The zero-order valence-electron chi connectivity index (χ0n) is 5.44. The number of hydrogen-bond donors (Lipinski definition) is 2. The van der Waals surface area contributed by atoms with Gasteiger partial charge in [-0.1, -0.05) is 12.2 Å². The molecule has 0 radical (unpaired) electrons. The van der Waals surface area contributed by atoms with E-state index in [1.807, 2.05) is 0 Å². The molecule has 0 amide bonds. The summed E-state index contributed by atoms with van der Waals surface area (Å²) in [5.41, 5.74) is 0. The highest BCUT2D eigenvalue weighted by molar-refractivity contribution is 5.94. The summed E-state index contributed by atoms with van der Waals surface area (Å²) in [6.45, 7) is 1.57. The van der Waals surface area contributed by atoms with Crippen molar-refractivity contribution in [2.24, 2.45) is 5.92 Å². The molecule has 0 rings (SSSR count). The molecule has 4 nitrogen and oxygen atoms in total. The Kier molecular flexibility index (Phi) is 3.17. The Labute approximate surface area is 57.8 Å². The smallest absolute Gasteiger partial charge is 0.321 e. The van der Waals surface area contributed by atoms with Crippen molar-refractivity contribution in [1.82, 2.24) is 0 Å². The predicted molar refractivity (Wildman–Crippen MR) is 33.6 cm³/mol. The molecule has 2 N–H and O–H groups in total. The van der Waals surface area contributed by atoms with Crippen LogP contribution in [0, 0.1) is 5.92 Å². The molecular weight excluding hydrogens is 136 g/mol. The summed E-state index contributed by atoms with van der Waals surface area (Å²) in [4.78, 5) is 20.2. The highest BCUT2D eigenvalue weighted by Crippen LogP contribution is 1.98. The van der Waals surface area contributed by atoms with E-state index in [0.29, 0.717) is 0 Å². The molecule has 0 aliphatic carbocycles. The summed E-state index contributed by atoms with van der Waals surface area (Å²) in [6, 6.07) is 0. The Morgan fingerprint density at radius 3 is 1.80 bits per heavy atom. The molecule has 0 aromatic rings. The number of rotatable bonds is 3. The van der Waals surface area contributed by atoms with Crippen LogP contribution < -0.4 is 0 Å². The largest absolute Gasteiger partial charge is 0.480 e. The van der Waals surface area contributed by atoms with Crippen molar-refractivity contribution in [3.8, 4) is 0 Å². The van der Waals surface area contributed by atoms with Crippen molar-refractivity contribution in [2.45, 2.75) is 6.92 Å². The maximum atomic E-state index is 10.1. The number of aliphatic carboxylic acids is 2. The second-order valence-corrected chi connectivity index (χ2v) is 1.68. The first-order chi connectivity index (χ1) is 4.59. The molecular formula is C6H8O4. The highest BCUT2D eigenvalue weighted by atomic mass is 16.4. The molecule has 0 atom stereocenters. The monoisotopic (exact) mass is 144 g/mol. The first-order valence-corrected chi connectivity index (χ1v) is 2.68. The number of hydrogen-bond acceptors (Lipinski definition) is 2. The topological polar surface area (TPSA) is 74.6 Å². The van der Waals surface area contributed by atoms with Gasteiger partial charge in [0.1, 0.15) is 0 Å². The molecule has 0 unspecified atom stereocenters. The lowest BCUT2D eigenvalue weighted by Crippen LogP contribution is -2.20. The zero-order valence-corrected chi connectivity index (χ0v) is 5.44. The third-order valence-corrected chi connectivity index (χ3v) is 0.917. The summed E-state index contributed by atoms with van der Waals surface area (Å²) in [5.74, 6) is -4.10. The Morgan fingerprint density at radius 1 is 1.30 bits per heavy atom. The second kappa shape index (κ2) is 3.66. The van der Waals surface area contributed by atoms with Gasteiger partial charge in [-0.2, -0.15) is 0 Å². The van der Waals surface area contributed by atoms with Gasteiger partial charge < -0.3 is 10.2 Å². The predicted octanol–water partition coefficient (Wildman–Crippen LogP) is 0.348. The number of carboxylic acids is 2. The van der Waals surface area contributed by atoms with E-state index in [9.17, 15) is 9.59 Å². The molecule has 56 valence electrons. The van der Waals surface area contributed by atoms with Crippen LogP contribution in [0.25, 0.3) is 0 Å². The van der Waals surface area contributed by atoms with Gasteiger partial charge in [0.25, 0.3) is 0 Å². The molecule has 0 saturated heterocycles. The molecule has 0 aromatic heterocycles. The van der Waals surface area contributed by atoms with Gasteiger partial charge in [-0.3, -0.25) is 9.59 Å². The van der Waals surface area contributed by atoms with Gasteiger partial charge in [-0.15, -0.1) is 0 Å². The Hall–Kier alpha value is -1.32. The summed E-state index contributed by atoms with van der Waals surface area (Å²) >= 11 is 0. The van der Waals surface area contributed by atoms with E-state index in [0.717, 1.165) is 6.08 Å². The molecule has 0 fully saturated rings. The lowest BCUT2D eigenvalue weighted by Gasteiger charge is -1.97. The van der Waals surface area contributed by atoms with Gasteiger partial charge in [-0.05, 0) is 6.92 Å². The molecule has 0 spiro atoms. The van der Waals surface area contributed by atoms with E-state index in [-0.39, 0.29) is 0 Å². The van der Waals surface area contributed by atoms with Crippen LogP contribution in [-0.2, 0) is 9.59 Å². The van der Waals surface area contributed by atoms with Gasteiger partial charge in [0.05, 0.1) is 0 Å². The summed E-state index contributed by atoms with van der Waals surface area (Å²) in [5, 5.41) is 16.5. The Morgan fingerprint density at radius 2 is 1.70 bits per heavy atom. The second-order valence-electron chi connectivity index (χ2n) is 1.68. The van der Waals surface area contributed by atoms with Crippen LogP contribution in [0.2, 0.25) is 0 Å². The quantitative estimate of drug-likeness (QED) is 0.442. The number of allylic oxidation sites excluding steroid dienone is 1. The van der Waals surface area contributed by atoms with Crippen molar-refractivity contribution < 1.29 is 19.8 Å². The fourth-order valence-corrected chi connectivity index (χ4v) is 0.463. The fraction of sp³-hybridized carbons (Fsp3) is 0.333. The minimum atomic E-state index is -1.41. The van der Waals surface area contributed by atoms with Crippen LogP contribution in [0.5, 0.6) is 0 Å². The van der Waals surface area contributed by atoms with E-state index in [2.05, 4.69) is 0 Å². The Balaban J connectivity index is 4.27. The van der Waals surface area contributed by atoms with Gasteiger partial charge in [0, 0.05) is 0 Å². The van der Waals surface area contributed by atoms with Crippen molar-refractivity contribution in [1.29, 1.82) is 0 Å². The molecule has 0 saturated carbocycles. The van der Waals surface area contributed by atoms with Gasteiger partial charge >= 0.3 is 11.9 Å². The van der Waals surface area contributed by atoms with Gasteiger partial charge in [0.2, 0.25) is 0 Å². The third-order valence-electron chi connectivity index (χ3n) is 0.917. The number of carbonyl (C=O) groups is 2. The lowest BCUT2D eigenvalue weighted by molar-refractivity contribution is -0.151. The van der Waals surface area contributed by atoms with E-state index in [1.54, 1.807) is 6.92 Å². The number of carboxylic acid groups (broad SMARTS) is 2. The van der Waals surface area contributed by atoms with Crippen molar-refractivity contribution in [3.05, 3.63) is 12.2 Å². The summed E-state index contributed by atoms with van der Waals surface area (Å²) < 4.78 is 0. The van der Waals surface area contributed by atoms with Crippen LogP contribution in [0.3, 0.4) is 0 Å². The highest BCUT2D eigenvalue weighted by Gasteiger charge is 2.21. The molecule has 10 heavy (non-hydrogen) atoms. The average molecular weight is 144 g/mol. The van der Waals surface area contributed by atoms with E-state index in [4.69, 9.17) is 10.2 Å². The maximum absolute atomic E-state index is 10.1. The average Bonchev–Trinajstić information content (AvgIpc) is 1.81. The van der Waals surface area contributed by atoms with E-state index < -0.39 is 17.9 Å². The van der Waals surface area contributed by atoms with Crippen LogP contribution in [0.1, 0.15) is 6.92 Å². The van der Waals surface area contributed by atoms with Crippen LogP contribution in [0.15, 0.2) is 12.2 Å². The summed E-state index contributed by atoms with van der Waals surface area (Å²) in [7, 11) is 0. The van der Waals surface area contributed by atoms with Gasteiger partial charge in [-0.25, -0.2) is 0 Å². The van der Waals surface area contributed by atoms with Crippen molar-refractivity contribution in [3.63, 3.8) is 0 Å². The first-order valence-electron chi connectivity index (χ1n) is 2.68. The van der Waals surface area contributed by atoms with E-state index in [1.165, 1.54) is 6.08 Å². The maximum Gasteiger partial charge on any atom is 0.321 e. The Bertz CT molecular complexity index is 157. The molecule has 0 bridgehead atoms. The fourth-order valence-electron chi connectivity index (χ4n) is 0.463. The van der Waals surface area contributed by atoms with Crippen LogP contribution in [0.4, 0.5) is 0 Å². The standard InChI is InChI=1S/C6H8O4/c1-2-3-4(5(7)8)6(9)10/h2-4H,1H3,(H,7,8)(H,9,10)/b3-2+. The SMILES string of the molecule is C/C=C/C(C(=O)O)C(=O)O. The zero-order chi connectivity index (χ0) is 8.15. The molecule has 0 aliphatic heterocycles. The van der Waals surface area contributed by atoms with Crippen LogP contribution >= 0.6 is 0 Å². The lowest BCUT2D eigenvalue weighted by atomic mass is 10.1. The van der Waals surface area contributed by atoms with Gasteiger partial charge in [0.15, 0.2) is 5.92 Å². The molecule has 0 heterocycles. The van der Waals surface area contributed by atoms with Crippen molar-refractivity contribution in [2.75, 3.05) is 0 Å². The summed E-state index contributed by atoms with van der Waals surface area (Å²) in [6.07, 6.45) is 2.51. The van der Waals surface area contributed by atoms with Crippen molar-refractivity contribution >= 4 is 11.9 Å². The molecule has 0 aromatic carbocycles.